The van der Waals surface area contributed by atoms with Gasteiger partial charge in [0.1, 0.15) is 11.6 Å². The number of rotatable bonds is 4. The van der Waals surface area contributed by atoms with Crippen LogP contribution in [0.1, 0.15) is 16.1 Å². The predicted octanol–water partition coefficient (Wildman–Crippen LogP) is 2.52. The van der Waals surface area contributed by atoms with E-state index < -0.39 is 0 Å². The van der Waals surface area contributed by atoms with Crippen molar-refractivity contribution in [2.45, 2.75) is 25.4 Å². The number of hydrogen-bond donors (Lipinski definition) is 1. The highest BCUT2D eigenvalue weighted by molar-refractivity contribution is 8.00. The van der Waals surface area contributed by atoms with E-state index >= 15 is 0 Å². The first kappa shape index (κ1) is 16.0. The van der Waals surface area contributed by atoms with Crippen LogP contribution >= 0.6 is 23.1 Å². The number of carbonyl (C=O) groups excluding carboxylic acids is 2. The maximum absolute atomic E-state index is 12.3. The van der Waals surface area contributed by atoms with Crippen molar-refractivity contribution in [2.24, 2.45) is 0 Å². The third-order valence-electron chi connectivity index (χ3n) is 3.52. The zero-order chi connectivity index (χ0) is 16.4. The highest BCUT2D eigenvalue weighted by Gasteiger charge is 2.29. The van der Waals surface area contributed by atoms with Crippen LogP contribution in [0.4, 0.5) is 5.69 Å². The number of nitrogens with one attached hydrogen (secondary N) is 1. The van der Waals surface area contributed by atoms with Gasteiger partial charge in [-0.3, -0.25) is 14.5 Å². The first-order chi connectivity index (χ1) is 11.0. The molecule has 0 aliphatic carbocycles. The number of anilines is 1. The van der Waals surface area contributed by atoms with Crippen molar-refractivity contribution in [3.05, 3.63) is 39.7 Å². The Balaban J connectivity index is 1.75. The van der Waals surface area contributed by atoms with Crippen LogP contribution in [0.2, 0.25) is 0 Å². The Bertz CT molecular complexity index is 744. The van der Waals surface area contributed by atoms with Gasteiger partial charge in [0.15, 0.2) is 0 Å². The third kappa shape index (κ3) is 3.56. The Kier molecular flexibility index (Phi) is 4.68. The fourth-order valence-corrected chi connectivity index (χ4v) is 4.20. The molecule has 1 aliphatic heterocycles. The fraction of sp³-hybridized carbons (Fsp3) is 0.312. The highest BCUT2D eigenvalue weighted by Crippen LogP contribution is 2.36. The summed E-state index contributed by atoms with van der Waals surface area (Å²) in [5, 5.41) is 5.66. The van der Waals surface area contributed by atoms with Crippen LogP contribution in [0.3, 0.4) is 0 Å². The standard InChI is InChI=1S/C16H17N3O2S2/c1-10-6-11(2)18-16-15(10)19(14(21)9-23-16)8-13(20)17-7-12-4-3-5-22-12/h3-6H,7-9H2,1-2H3,(H,17,20). The van der Waals surface area contributed by atoms with Gasteiger partial charge in [0.05, 0.1) is 18.0 Å². The molecule has 2 aromatic heterocycles. The van der Waals surface area contributed by atoms with Crippen LogP contribution in [-0.2, 0) is 16.1 Å². The SMILES string of the molecule is Cc1cc(C)c2c(n1)SCC(=O)N2CC(=O)NCc1cccs1. The molecule has 7 heteroatoms. The van der Waals surface area contributed by atoms with Gasteiger partial charge < -0.3 is 5.32 Å². The molecule has 2 aromatic rings. The topological polar surface area (TPSA) is 62.3 Å². The van der Waals surface area contributed by atoms with Gasteiger partial charge in [-0.05, 0) is 36.9 Å². The molecule has 0 atom stereocenters. The highest BCUT2D eigenvalue weighted by atomic mass is 32.2. The van der Waals surface area contributed by atoms with E-state index in [9.17, 15) is 9.59 Å². The number of aryl methyl sites for hydroxylation is 2. The molecule has 0 radical (unpaired) electrons. The molecule has 0 saturated carbocycles. The van der Waals surface area contributed by atoms with Gasteiger partial charge in [-0.2, -0.15) is 0 Å². The van der Waals surface area contributed by atoms with Crippen LogP contribution in [0.25, 0.3) is 0 Å². The molecule has 0 bridgehead atoms. The van der Waals surface area contributed by atoms with Crippen LogP contribution in [0, 0.1) is 13.8 Å². The summed E-state index contributed by atoms with van der Waals surface area (Å²) in [6.07, 6.45) is 0. The van der Waals surface area contributed by atoms with E-state index in [1.807, 2.05) is 37.4 Å². The summed E-state index contributed by atoms with van der Waals surface area (Å²) in [5.41, 5.74) is 2.66. The molecule has 120 valence electrons. The second-order valence-corrected chi connectivity index (χ2v) is 7.36. The van der Waals surface area contributed by atoms with Crippen molar-refractivity contribution in [1.82, 2.24) is 10.3 Å². The summed E-state index contributed by atoms with van der Waals surface area (Å²) in [5.74, 6) is 0.105. The minimum atomic E-state index is -0.162. The quantitative estimate of drug-likeness (QED) is 0.923. The van der Waals surface area contributed by atoms with Crippen molar-refractivity contribution in [1.29, 1.82) is 0 Å². The van der Waals surface area contributed by atoms with Crippen LogP contribution < -0.4 is 10.2 Å². The average molecular weight is 347 g/mol. The molecule has 1 N–H and O–H groups in total. The van der Waals surface area contributed by atoms with Gasteiger partial charge in [0.2, 0.25) is 11.8 Å². The summed E-state index contributed by atoms with van der Waals surface area (Å²) in [6.45, 7) is 4.40. The second-order valence-electron chi connectivity index (χ2n) is 5.36. The Morgan fingerprint density at radius 2 is 2.26 bits per heavy atom. The van der Waals surface area contributed by atoms with Crippen LogP contribution in [0.5, 0.6) is 0 Å². The number of nitrogens with zero attached hydrogens (tertiary/aromatic N) is 2. The van der Waals surface area contributed by atoms with E-state index in [1.54, 1.807) is 16.2 Å². The van der Waals surface area contributed by atoms with E-state index in [1.165, 1.54) is 11.8 Å². The lowest BCUT2D eigenvalue weighted by molar-refractivity contribution is -0.123. The molecule has 5 nitrogen and oxygen atoms in total. The fourth-order valence-electron chi connectivity index (χ4n) is 2.52. The summed E-state index contributed by atoms with van der Waals surface area (Å²) < 4.78 is 0. The van der Waals surface area contributed by atoms with Crippen LogP contribution in [-0.4, -0.2) is 29.1 Å². The Labute approximate surface area is 143 Å². The maximum Gasteiger partial charge on any atom is 0.240 e. The number of thioether (sulfide) groups is 1. The molecule has 3 rings (SSSR count). The summed E-state index contributed by atoms with van der Waals surface area (Å²) >= 11 is 3.03. The Hall–Kier alpha value is -1.86. The van der Waals surface area contributed by atoms with E-state index in [4.69, 9.17) is 0 Å². The number of aromatic nitrogens is 1. The lowest BCUT2D eigenvalue weighted by Crippen LogP contribution is -2.43. The van der Waals surface area contributed by atoms with Crippen LogP contribution in [0.15, 0.2) is 28.6 Å². The monoisotopic (exact) mass is 347 g/mol. The summed E-state index contributed by atoms with van der Waals surface area (Å²) in [4.78, 5) is 31.6. The van der Waals surface area contributed by atoms with Gasteiger partial charge in [-0.1, -0.05) is 17.8 Å². The molecule has 3 heterocycles. The molecule has 0 spiro atoms. The number of hydrogen-bond acceptors (Lipinski definition) is 5. The molecule has 23 heavy (non-hydrogen) atoms. The average Bonchev–Trinajstić information content (AvgIpc) is 3.01. The first-order valence-corrected chi connectivity index (χ1v) is 9.11. The minimum Gasteiger partial charge on any atom is -0.350 e. The largest absolute Gasteiger partial charge is 0.350 e. The molecule has 0 saturated heterocycles. The minimum absolute atomic E-state index is 0.0311. The second kappa shape index (κ2) is 6.72. The van der Waals surface area contributed by atoms with Crippen molar-refractivity contribution in [3.8, 4) is 0 Å². The van der Waals surface area contributed by atoms with E-state index in [-0.39, 0.29) is 18.4 Å². The van der Waals surface area contributed by atoms with Crippen molar-refractivity contribution >= 4 is 40.6 Å². The van der Waals surface area contributed by atoms with Gasteiger partial charge in [-0.25, -0.2) is 4.98 Å². The lowest BCUT2D eigenvalue weighted by atomic mass is 10.2. The number of carbonyl (C=O) groups is 2. The van der Waals surface area contributed by atoms with Gasteiger partial charge in [0, 0.05) is 10.6 Å². The molecule has 2 amide bonds. The number of thiophene rings is 1. The molecule has 0 fully saturated rings. The molecular weight excluding hydrogens is 330 g/mol. The molecule has 0 unspecified atom stereocenters. The molecule has 1 aliphatic rings. The predicted molar refractivity (Wildman–Crippen MR) is 93.0 cm³/mol. The van der Waals surface area contributed by atoms with E-state index in [0.29, 0.717) is 12.3 Å². The lowest BCUT2D eigenvalue weighted by Gasteiger charge is -2.29. The third-order valence-corrected chi connectivity index (χ3v) is 5.35. The van der Waals surface area contributed by atoms with Crippen molar-refractivity contribution in [3.63, 3.8) is 0 Å². The maximum atomic E-state index is 12.3. The van der Waals surface area contributed by atoms with Gasteiger partial charge >= 0.3 is 0 Å². The van der Waals surface area contributed by atoms with Gasteiger partial charge in [-0.15, -0.1) is 11.3 Å². The summed E-state index contributed by atoms with van der Waals surface area (Å²) in [7, 11) is 0. The number of amides is 2. The zero-order valence-electron chi connectivity index (χ0n) is 13.0. The number of pyridine rings is 1. The first-order valence-electron chi connectivity index (χ1n) is 7.25. The van der Waals surface area contributed by atoms with Crippen molar-refractivity contribution < 1.29 is 9.59 Å². The van der Waals surface area contributed by atoms with Gasteiger partial charge in [0.25, 0.3) is 0 Å². The van der Waals surface area contributed by atoms with Crippen molar-refractivity contribution in [2.75, 3.05) is 17.2 Å². The normalized spacial score (nSPS) is 13.8. The zero-order valence-corrected chi connectivity index (χ0v) is 14.6. The Morgan fingerprint density at radius 1 is 1.43 bits per heavy atom. The molecular formula is C16H17N3O2S2. The number of fused-ring (bicyclic) bond motifs is 1. The summed E-state index contributed by atoms with van der Waals surface area (Å²) in [6, 6.07) is 5.86. The molecule has 0 aromatic carbocycles. The smallest absolute Gasteiger partial charge is 0.240 e. The Morgan fingerprint density at radius 3 is 3.00 bits per heavy atom. The van der Waals surface area contributed by atoms with E-state index in [0.717, 1.165) is 26.8 Å². The van der Waals surface area contributed by atoms with E-state index in [2.05, 4.69) is 10.3 Å².